The third-order valence-corrected chi connectivity index (χ3v) is 7.49. The van der Waals surface area contributed by atoms with Crippen molar-refractivity contribution in [2.24, 2.45) is 0 Å². The standard InChI is InChI=1S/C35H22N4/c1-2-8-27-22-33-30(21-26(27)7-1)28-9-4-6-12-32(28)39(33)35-29-10-3-5-11-31(29)37-34(38-35)25-15-13-23(14-16-25)24-17-19-36-20-18-24/h1-22H. The fourth-order valence-electron chi connectivity index (χ4n) is 5.60. The number of nitrogens with zero attached hydrogens (tertiary/aromatic N) is 4. The van der Waals surface area contributed by atoms with Crippen LogP contribution in [-0.2, 0) is 0 Å². The van der Waals surface area contributed by atoms with E-state index in [0.29, 0.717) is 5.82 Å². The van der Waals surface area contributed by atoms with Gasteiger partial charge in [0.15, 0.2) is 5.82 Å². The minimum Gasteiger partial charge on any atom is -0.293 e. The summed E-state index contributed by atoms with van der Waals surface area (Å²) in [6.07, 6.45) is 3.63. The molecule has 0 unspecified atom stereocenters. The highest BCUT2D eigenvalue weighted by molar-refractivity contribution is 6.14. The fourth-order valence-corrected chi connectivity index (χ4v) is 5.60. The van der Waals surface area contributed by atoms with Gasteiger partial charge in [-0.05, 0) is 64.4 Å². The second kappa shape index (κ2) is 8.61. The average molecular weight is 499 g/mol. The van der Waals surface area contributed by atoms with Crippen molar-refractivity contribution in [1.29, 1.82) is 0 Å². The van der Waals surface area contributed by atoms with Gasteiger partial charge >= 0.3 is 0 Å². The molecule has 0 fully saturated rings. The molecule has 0 amide bonds. The normalized spacial score (nSPS) is 11.6. The van der Waals surface area contributed by atoms with Crippen LogP contribution < -0.4 is 0 Å². The summed E-state index contributed by atoms with van der Waals surface area (Å²) in [5.74, 6) is 1.59. The highest BCUT2D eigenvalue weighted by atomic mass is 15.1. The Bertz CT molecular complexity index is 2160. The van der Waals surface area contributed by atoms with E-state index >= 15 is 0 Å². The molecule has 0 aliphatic rings. The number of hydrogen-bond acceptors (Lipinski definition) is 3. The van der Waals surface area contributed by atoms with Crippen LogP contribution in [0.2, 0.25) is 0 Å². The Morgan fingerprint density at radius 1 is 0.462 bits per heavy atom. The molecule has 0 spiro atoms. The summed E-state index contributed by atoms with van der Waals surface area (Å²) >= 11 is 0. The van der Waals surface area contributed by atoms with Crippen molar-refractivity contribution in [3.8, 4) is 28.3 Å². The summed E-state index contributed by atoms with van der Waals surface area (Å²) in [6.45, 7) is 0. The van der Waals surface area contributed by atoms with Gasteiger partial charge in [0.1, 0.15) is 5.82 Å². The molecule has 8 rings (SSSR count). The minimum absolute atomic E-state index is 0.705. The lowest BCUT2D eigenvalue weighted by Crippen LogP contribution is -2.02. The number of para-hydroxylation sites is 2. The van der Waals surface area contributed by atoms with Crippen LogP contribution in [0.1, 0.15) is 0 Å². The van der Waals surface area contributed by atoms with Crippen LogP contribution in [0.4, 0.5) is 0 Å². The predicted molar refractivity (Wildman–Crippen MR) is 160 cm³/mol. The van der Waals surface area contributed by atoms with Crippen LogP contribution in [-0.4, -0.2) is 19.5 Å². The maximum absolute atomic E-state index is 5.24. The van der Waals surface area contributed by atoms with Gasteiger partial charge in [-0.1, -0.05) is 78.9 Å². The molecule has 8 aromatic rings. The van der Waals surface area contributed by atoms with E-state index < -0.39 is 0 Å². The van der Waals surface area contributed by atoms with Gasteiger partial charge in [0.05, 0.1) is 16.6 Å². The Balaban J connectivity index is 1.40. The van der Waals surface area contributed by atoms with Gasteiger partial charge in [-0.2, -0.15) is 0 Å². The van der Waals surface area contributed by atoms with Gasteiger partial charge in [0.2, 0.25) is 0 Å². The molecule has 0 atom stereocenters. The first-order valence-corrected chi connectivity index (χ1v) is 13.0. The molecule has 4 nitrogen and oxygen atoms in total. The quantitative estimate of drug-likeness (QED) is 0.245. The van der Waals surface area contributed by atoms with Gasteiger partial charge in [-0.25, -0.2) is 9.97 Å². The molecular formula is C35H22N4. The number of hydrogen-bond donors (Lipinski definition) is 0. The SMILES string of the molecule is c1ccc2cc3c(cc2c1)c1ccccc1n3-c1nc(-c2ccc(-c3ccncc3)cc2)nc2ccccc12. The molecule has 0 aliphatic carbocycles. The van der Waals surface area contributed by atoms with Crippen LogP contribution in [0.5, 0.6) is 0 Å². The zero-order valence-electron chi connectivity index (χ0n) is 21.0. The molecule has 0 N–H and O–H groups in total. The average Bonchev–Trinajstić information content (AvgIpc) is 3.33. The molecule has 0 saturated heterocycles. The zero-order chi connectivity index (χ0) is 25.8. The lowest BCUT2D eigenvalue weighted by molar-refractivity contribution is 1.08. The number of benzene rings is 5. The number of rotatable bonds is 3. The van der Waals surface area contributed by atoms with Crippen molar-refractivity contribution >= 4 is 43.5 Å². The summed E-state index contributed by atoms with van der Waals surface area (Å²) < 4.78 is 2.30. The molecule has 39 heavy (non-hydrogen) atoms. The molecule has 182 valence electrons. The summed E-state index contributed by atoms with van der Waals surface area (Å²) in [5.41, 5.74) is 6.43. The van der Waals surface area contributed by atoms with Crippen molar-refractivity contribution in [3.05, 3.63) is 134 Å². The maximum Gasteiger partial charge on any atom is 0.162 e. The lowest BCUT2D eigenvalue weighted by Gasteiger charge is -2.13. The topological polar surface area (TPSA) is 43.6 Å². The van der Waals surface area contributed by atoms with Crippen molar-refractivity contribution in [2.75, 3.05) is 0 Å². The molecule has 0 radical (unpaired) electrons. The highest BCUT2D eigenvalue weighted by Gasteiger charge is 2.18. The second-order valence-corrected chi connectivity index (χ2v) is 9.77. The Morgan fingerprint density at radius 3 is 1.92 bits per heavy atom. The lowest BCUT2D eigenvalue weighted by atomic mass is 10.0. The van der Waals surface area contributed by atoms with E-state index in [1.807, 2.05) is 30.6 Å². The predicted octanol–water partition coefficient (Wildman–Crippen LogP) is 8.61. The van der Waals surface area contributed by atoms with Crippen molar-refractivity contribution in [3.63, 3.8) is 0 Å². The Hall–Kier alpha value is -5.35. The first kappa shape index (κ1) is 21.7. The van der Waals surface area contributed by atoms with Crippen molar-refractivity contribution in [2.45, 2.75) is 0 Å². The van der Waals surface area contributed by atoms with Gasteiger partial charge in [0, 0.05) is 34.1 Å². The van der Waals surface area contributed by atoms with Crippen LogP contribution in [0.15, 0.2) is 134 Å². The van der Waals surface area contributed by atoms with Gasteiger partial charge < -0.3 is 0 Å². The first-order chi connectivity index (χ1) is 19.3. The van der Waals surface area contributed by atoms with E-state index in [1.54, 1.807) is 0 Å². The van der Waals surface area contributed by atoms with Gasteiger partial charge in [-0.3, -0.25) is 9.55 Å². The third-order valence-electron chi connectivity index (χ3n) is 7.49. The van der Waals surface area contributed by atoms with E-state index in [9.17, 15) is 0 Å². The summed E-state index contributed by atoms with van der Waals surface area (Å²) in [7, 11) is 0. The monoisotopic (exact) mass is 498 g/mol. The van der Waals surface area contributed by atoms with E-state index in [1.165, 1.54) is 21.5 Å². The molecule has 4 heteroatoms. The van der Waals surface area contributed by atoms with E-state index in [4.69, 9.17) is 9.97 Å². The summed E-state index contributed by atoms with van der Waals surface area (Å²) in [4.78, 5) is 14.4. The Kier molecular flexibility index (Phi) is 4.79. The van der Waals surface area contributed by atoms with Crippen molar-refractivity contribution < 1.29 is 0 Å². The number of pyridine rings is 1. The second-order valence-electron chi connectivity index (χ2n) is 9.77. The molecule has 0 bridgehead atoms. The fraction of sp³-hybridized carbons (Fsp3) is 0. The number of aromatic nitrogens is 4. The van der Waals surface area contributed by atoms with Gasteiger partial charge in [-0.15, -0.1) is 0 Å². The molecular weight excluding hydrogens is 476 g/mol. The van der Waals surface area contributed by atoms with Gasteiger partial charge in [0.25, 0.3) is 0 Å². The van der Waals surface area contributed by atoms with Crippen LogP contribution in [0.25, 0.3) is 71.8 Å². The smallest absolute Gasteiger partial charge is 0.162 e. The molecule has 0 aliphatic heterocycles. The number of fused-ring (bicyclic) bond motifs is 5. The first-order valence-electron chi connectivity index (χ1n) is 13.0. The van der Waals surface area contributed by atoms with E-state index in [0.717, 1.165) is 44.4 Å². The van der Waals surface area contributed by atoms with Crippen molar-refractivity contribution in [1.82, 2.24) is 19.5 Å². The zero-order valence-corrected chi connectivity index (χ0v) is 21.0. The maximum atomic E-state index is 5.24. The molecule has 3 heterocycles. The largest absolute Gasteiger partial charge is 0.293 e. The molecule has 0 saturated carbocycles. The molecule has 5 aromatic carbocycles. The van der Waals surface area contributed by atoms with E-state index in [-0.39, 0.29) is 0 Å². The van der Waals surface area contributed by atoms with Crippen LogP contribution in [0.3, 0.4) is 0 Å². The highest BCUT2D eigenvalue weighted by Crippen LogP contribution is 2.36. The third kappa shape index (κ3) is 3.50. The molecule has 3 aromatic heterocycles. The van der Waals surface area contributed by atoms with Crippen LogP contribution >= 0.6 is 0 Å². The Morgan fingerprint density at radius 2 is 1.10 bits per heavy atom. The minimum atomic E-state index is 0.705. The summed E-state index contributed by atoms with van der Waals surface area (Å²) in [5, 5.41) is 5.89. The summed E-state index contributed by atoms with van der Waals surface area (Å²) in [6, 6.07) is 42.5. The van der Waals surface area contributed by atoms with E-state index in [2.05, 4.69) is 113 Å². The Labute approximate surface area is 224 Å². The van der Waals surface area contributed by atoms with Crippen LogP contribution in [0, 0.1) is 0 Å².